The highest BCUT2D eigenvalue weighted by molar-refractivity contribution is 5.29. The third-order valence-electron chi connectivity index (χ3n) is 4.40. The SMILES string of the molecule is Fc1cnc(N2CCCn3c(CN4CCOCC4)nnc3C2)nc1. The lowest BCUT2D eigenvalue weighted by molar-refractivity contribution is 0.0325. The molecule has 0 amide bonds. The van der Waals surface area contributed by atoms with E-state index in [4.69, 9.17) is 4.74 Å². The molecule has 2 aliphatic heterocycles. The van der Waals surface area contributed by atoms with E-state index in [1.165, 1.54) is 12.4 Å². The van der Waals surface area contributed by atoms with Gasteiger partial charge in [-0.05, 0) is 6.42 Å². The monoisotopic (exact) mass is 333 g/mol. The minimum atomic E-state index is -0.426. The predicted molar refractivity (Wildman–Crippen MR) is 83.8 cm³/mol. The summed E-state index contributed by atoms with van der Waals surface area (Å²) in [5.74, 6) is 2.00. The highest BCUT2D eigenvalue weighted by Crippen LogP contribution is 2.18. The molecule has 9 heteroatoms. The van der Waals surface area contributed by atoms with Crippen LogP contribution in [0.4, 0.5) is 10.3 Å². The molecule has 0 spiro atoms. The molecule has 8 nitrogen and oxygen atoms in total. The Hall–Kier alpha value is -2.13. The van der Waals surface area contributed by atoms with Gasteiger partial charge in [-0.1, -0.05) is 0 Å². The van der Waals surface area contributed by atoms with Crippen LogP contribution in [0.15, 0.2) is 12.4 Å². The number of halogens is 1. The highest BCUT2D eigenvalue weighted by Gasteiger charge is 2.22. The number of aromatic nitrogens is 5. The number of nitrogens with zero attached hydrogens (tertiary/aromatic N) is 7. The third kappa shape index (κ3) is 3.22. The number of rotatable bonds is 3. The van der Waals surface area contributed by atoms with Crippen LogP contribution in [0.1, 0.15) is 18.1 Å². The van der Waals surface area contributed by atoms with Crippen molar-refractivity contribution < 1.29 is 9.13 Å². The van der Waals surface area contributed by atoms with Gasteiger partial charge in [0.1, 0.15) is 5.82 Å². The molecule has 0 aromatic carbocycles. The van der Waals surface area contributed by atoms with E-state index in [0.717, 1.165) is 64.0 Å². The second kappa shape index (κ2) is 6.78. The van der Waals surface area contributed by atoms with Crippen molar-refractivity contribution in [3.05, 3.63) is 29.9 Å². The Balaban J connectivity index is 1.50. The van der Waals surface area contributed by atoms with Crippen molar-refractivity contribution in [3.63, 3.8) is 0 Å². The molecule has 1 saturated heterocycles. The van der Waals surface area contributed by atoms with Crippen molar-refractivity contribution in [2.75, 3.05) is 37.7 Å². The van der Waals surface area contributed by atoms with Crippen LogP contribution >= 0.6 is 0 Å². The van der Waals surface area contributed by atoms with E-state index >= 15 is 0 Å². The summed E-state index contributed by atoms with van der Waals surface area (Å²) in [6, 6.07) is 0. The van der Waals surface area contributed by atoms with Crippen molar-refractivity contribution in [1.82, 2.24) is 29.6 Å². The van der Waals surface area contributed by atoms with Gasteiger partial charge in [0.05, 0.1) is 38.7 Å². The molecule has 0 bridgehead atoms. The minimum absolute atomic E-state index is 0.426. The Kier molecular flexibility index (Phi) is 4.35. The van der Waals surface area contributed by atoms with Crippen molar-refractivity contribution in [1.29, 1.82) is 0 Å². The van der Waals surface area contributed by atoms with Gasteiger partial charge in [-0.2, -0.15) is 0 Å². The Labute approximate surface area is 139 Å². The Morgan fingerprint density at radius 3 is 2.62 bits per heavy atom. The van der Waals surface area contributed by atoms with Crippen LogP contribution in [-0.2, 0) is 24.4 Å². The number of fused-ring (bicyclic) bond motifs is 1. The van der Waals surface area contributed by atoms with E-state index in [1.807, 2.05) is 4.90 Å². The van der Waals surface area contributed by atoms with Crippen LogP contribution in [0.3, 0.4) is 0 Å². The molecule has 2 aromatic rings. The zero-order chi connectivity index (χ0) is 16.4. The maximum Gasteiger partial charge on any atom is 0.225 e. The summed E-state index contributed by atoms with van der Waals surface area (Å²) in [6.07, 6.45) is 3.34. The van der Waals surface area contributed by atoms with Gasteiger partial charge in [-0.25, -0.2) is 14.4 Å². The second-order valence-corrected chi connectivity index (χ2v) is 6.05. The number of hydrogen-bond donors (Lipinski definition) is 0. The predicted octanol–water partition coefficient (Wildman–Crippen LogP) is 0.450. The lowest BCUT2D eigenvalue weighted by Gasteiger charge is -2.26. The van der Waals surface area contributed by atoms with E-state index in [1.54, 1.807) is 0 Å². The van der Waals surface area contributed by atoms with Crippen LogP contribution < -0.4 is 4.90 Å². The molecule has 2 aromatic heterocycles. The van der Waals surface area contributed by atoms with Crippen LogP contribution in [0.2, 0.25) is 0 Å². The fourth-order valence-corrected chi connectivity index (χ4v) is 3.13. The van der Waals surface area contributed by atoms with Crippen LogP contribution in [0, 0.1) is 5.82 Å². The largest absolute Gasteiger partial charge is 0.379 e. The van der Waals surface area contributed by atoms with Crippen LogP contribution in [0.5, 0.6) is 0 Å². The Morgan fingerprint density at radius 1 is 1.04 bits per heavy atom. The number of anilines is 1. The Morgan fingerprint density at radius 2 is 1.83 bits per heavy atom. The molecule has 0 radical (unpaired) electrons. The molecule has 0 saturated carbocycles. The Bertz CT molecular complexity index is 684. The first-order valence-electron chi connectivity index (χ1n) is 8.23. The zero-order valence-electron chi connectivity index (χ0n) is 13.4. The lowest BCUT2D eigenvalue weighted by atomic mass is 10.3. The molecule has 24 heavy (non-hydrogen) atoms. The molecule has 0 unspecified atom stereocenters. The van der Waals surface area contributed by atoms with E-state index in [0.29, 0.717) is 12.5 Å². The molecule has 0 aliphatic carbocycles. The van der Waals surface area contributed by atoms with Gasteiger partial charge in [-0.15, -0.1) is 10.2 Å². The van der Waals surface area contributed by atoms with Crippen molar-refractivity contribution in [2.45, 2.75) is 26.1 Å². The van der Waals surface area contributed by atoms with Gasteiger partial charge in [0.25, 0.3) is 0 Å². The van der Waals surface area contributed by atoms with E-state index < -0.39 is 5.82 Å². The van der Waals surface area contributed by atoms with Crippen molar-refractivity contribution in [2.24, 2.45) is 0 Å². The fraction of sp³-hybridized carbons (Fsp3) is 0.600. The first-order valence-corrected chi connectivity index (χ1v) is 8.23. The molecule has 2 aliphatic rings. The number of morpholine rings is 1. The fourth-order valence-electron chi connectivity index (χ4n) is 3.13. The average molecular weight is 333 g/mol. The van der Waals surface area contributed by atoms with Crippen molar-refractivity contribution >= 4 is 5.95 Å². The van der Waals surface area contributed by atoms with Gasteiger partial charge < -0.3 is 14.2 Å². The summed E-state index contributed by atoms with van der Waals surface area (Å²) in [5.41, 5.74) is 0. The molecular formula is C15H20FN7O. The first-order chi connectivity index (χ1) is 11.8. The molecule has 0 atom stereocenters. The third-order valence-corrected chi connectivity index (χ3v) is 4.40. The van der Waals surface area contributed by atoms with Gasteiger partial charge in [-0.3, -0.25) is 4.90 Å². The van der Waals surface area contributed by atoms with E-state index in [2.05, 4.69) is 29.6 Å². The highest BCUT2D eigenvalue weighted by atomic mass is 19.1. The molecular weight excluding hydrogens is 313 g/mol. The minimum Gasteiger partial charge on any atom is -0.379 e. The average Bonchev–Trinajstić information content (AvgIpc) is 2.85. The summed E-state index contributed by atoms with van der Waals surface area (Å²) >= 11 is 0. The topological polar surface area (TPSA) is 72.2 Å². The van der Waals surface area contributed by atoms with Crippen LogP contribution in [0.25, 0.3) is 0 Å². The molecule has 4 heterocycles. The summed E-state index contributed by atoms with van der Waals surface area (Å²) in [5, 5.41) is 8.74. The van der Waals surface area contributed by atoms with Gasteiger partial charge in [0.15, 0.2) is 11.6 Å². The second-order valence-electron chi connectivity index (χ2n) is 6.05. The molecule has 0 N–H and O–H groups in total. The molecule has 1 fully saturated rings. The normalized spacial score (nSPS) is 19.1. The lowest BCUT2D eigenvalue weighted by Crippen LogP contribution is -2.36. The summed E-state index contributed by atoms with van der Waals surface area (Å²) < 4.78 is 20.6. The molecule has 128 valence electrons. The first kappa shape index (κ1) is 15.4. The molecule has 4 rings (SSSR count). The van der Waals surface area contributed by atoms with Gasteiger partial charge in [0.2, 0.25) is 5.95 Å². The zero-order valence-corrected chi connectivity index (χ0v) is 13.4. The maximum atomic E-state index is 13.0. The van der Waals surface area contributed by atoms with Gasteiger partial charge in [0, 0.05) is 26.2 Å². The maximum absolute atomic E-state index is 13.0. The van der Waals surface area contributed by atoms with E-state index in [9.17, 15) is 4.39 Å². The van der Waals surface area contributed by atoms with Crippen molar-refractivity contribution in [3.8, 4) is 0 Å². The quantitative estimate of drug-likeness (QED) is 0.807. The summed E-state index contributed by atoms with van der Waals surface area (Å²) in [4.78, 5) is 12.5. The van der Waals surface area contributed by atoms with Crippen LogP contribution in [-0.4, -0.2) is 62.5 Å². The van der Waals surface area contributed by atoms with E-state index in [-0.39, 0.29) is 0 Å². The number of ether oxygens (including phenoxy) is 1. The standard InChI is InChI=1S/C15H20FN7O/c16-12-8-17-15(18-9-12)22-2-1-3-23-13(19-20-14(23)11-22)10-21-4-6-24-7-5-21/h8-9H,1-7,10-11H2. The smallest absolute Gasteiger partial charge is 0.225 e. The summed E-state index contributed by atoms with van der Waals surface area (Å²) in [7, 11) is 0. The summed E-state index contributed by atoms with van der Waals surface area (Å²) in [6.45, 7) is 6.47. The van der Waals surface area contributed by atoms with Gasteiger partial charge >= 0.3 is 0 Å². The number of hydrogen-bond acceptors (Lipinski definition) is 7.